The number of halogens is 1. The SMILES string of the molecule is O=C(O)Cn1ccc2ccc(Cl)cc2c1=O. The molecule has 0 unspecified atom stereocenters. The number of carboxylic acid groups (broad SMARTS) is 1. The first-order valence-corrected chi connectivity index (χ1v) is 4.96. The second-order valence-corrected chi connectivity index (χ2v) is 3.81. The highest BCUT2D eigenvalue weighted by molar-refractivity contribution is 6.31. The van der Waals surface area contributed by atoms with E-state index in [2.05, 4.69) is 0 Å². The van der Waals surface area contributed by atoms with Gasteiger partial charge in [-0.3, -0.25) is 9.59 Å². The second-order valence-electron chi connectivity index (χ2n) is 3.37. The summed E-state index contributed by atoms with van der Waals surface area (Å²) >= 11 is 5.78. The Morgan fingerprint density at radius 2 is 2.12 bits per heavy atom. The van der Waals surface area contributed by atoms with Gasteiger partial charge in [0.2, 0.25) is 0 Å². The molecule has 4 nitrogen and oxygen atoms in total. The summed E-state index contributed by atoms with van der Waals surface area (Å²) in [5.41, 5.74) is -0.345. The number of aromatic nitrogens is 1. The zero-order valence-electron chi connectivity index (χ0n) is 8.18. The molecular weight excluding hydrogens is 230 g/mol. The van der Waals surface area contributed by atoms with E-state index in [0.717, 1.165) is 9.95 Å². The van der Waals surface area contributed by atoms with Crippen LogP contribution in [-0.4, -0.2) is 15.6 Å². The standard InChI is InChI=1S/C11H8ClNO3/c12-8-2-1-7-3-4-13(6-10(14)15)11(16)9(7)5-8/h1-5H,6H2,(H,14,15). The Kier molecular flexibility index (Phi) is 2.66. The molecule has 0 aliphatic rings. The predicted octanol–water partition coefficient (Wildman–Crippen LogP) is 1.74. The van der Waals surface area contributed by atoms with Gasteiger partial charge in [-0.05, 0) is 23.6 Å². The number of hydrogen-bond donors (Lipinski definition) is 1. The van der Waals surface area contributed by atoms with Gasteiger partial charge in [-0.2, -0.15) is 0 Å². The van der Waals surface area contributed by atoms with Crippen LogP contribution in [0.5, 0.6) is 0 Å². The van der Waals surface area contributed by atoms with Crippen molar-refractivity contribution in [2.24, 2.45) is 0 Å². The third kappa shape index (κ3) is 1.92. The fourth-order valence-electron chi connectivity index (χ4n) is 1.52. The molecule has 1 N–H and O–H groups in total. The first-order valence-electron chi connectivity index (χ1n) is 4.58. The number of fused-ring (bicyclic) bond motifs is 1. The van der Waals surface area contributed by atoms with Gasteiger partial charge in [-0.15, -0.1) is 0 Å². The van der Waals surface area contributed by atoms with Crippen molar-refractivity contribution in [3.05, 3.63) is 45.8 Å². The van der Waals surface area contributed by atoms with Crippen molar-refractivity contribution in [1.82, 2.24) is 4.57 Å². The van der Waals surface area contributed by atoms with Crippen LogP contribution < -0.4 is 5.56 Å². The van der Waals surface area contributed by atoms with Crippen molar-refractivity contribution in [2.75, 3.05) is 0 Å². The highest BCUT2D eigenvalue weighted by Gasteiger charge is 2.05. The first-order chi connectivity index (χ1) is 7.58. The van der Waals surface area contributed by atoms with Crippen molar-refractivity contribution >= 4 is 28.3 Å². The summed E-state index contributed by atoms with van der Waals surface area (Å²) in [6, 6.07) is 6.64. The van der Waals surface area contributed by atoms with Crippen LogP contribution in [-0.2, 0) is 11.3 Å². The topological polar surface area (TPSA) is 59.3 Å². The molecule has 0 fully saturated rings. The maximum absolute atomic E-state index is 11.9. The van der Waals surface area contributed by atoms with Gasteiger partial charge in [-0.1, -0.05) is 17.7 Å². The summed E-state index contributed by atoms with van der Waals surface area (Å²) in [5, 5.41) is 10.3. The van der Waals surface area contributed by atoms with Gasteiger partial charge in [0.25, 0.3) is 5.56 Å². The molecule has 0 aliphatic carbocycles. The van der Waals surface area contributed by atoms with Crippen LogP contribution >= 0.6 is 11.6 Å². The van der Waals surface area contributed by atoms with E-state index >= 15 is 0 Å². The molecule has 1 heterocycles. The van der Waals surface area contributed by atoms with Crippen molar-refractivity contribution in [1.29, 1.82) is 0 Å². The molecule has 0 spiro atoms. The van der Waals surface area contributed by atoms with Crippen molar-refractivity contribution in [2.45, 2.75) is 6.54 Å². The van der Waals surface area contributed by atoms with Gasteiger partial charge in [0.15, 0.2) is 0 Å². The number of pyridine rings is 1. The Hall–Kier alpha value is -1.81. The van der Waals surface area contributed by atoms with E-state index in [9.17, 15) is 9.59 Å². The van der Waals surface area contributed by atoms with Crippen molar-refractivity contribution in [3.8, 4) is 0 Å². The molecule has 0 saturated carbocycles. The van der Waals surface area contributed by atoms with Crippen LogP contribution in [0.25, 0.3) is 10.8 Å². The van der Waals surface area contributed by atoms with Crippen LogP contribution in [0.15, 0.2) is 35.3 Å². The minimum atomic E-state index is -1.05. The maximum atomic E-state index is 11.9. The van der Waals surface area contributed by atoms with Gasteiger partial charge in [0.05, 0.1) is 0 Å². The Balaban J connectivity index is 2.68. The smallest absolute Gasteiger partial charge is 0.323 e. The molecule has 0 amide bonds. The van der Waals surface area contributed by atoms with Crippen molar-refractivity contribution in [3.63, 3.8) is 0 Å². The Morgan fingerprint density at radius 1 is 1.38 bits per heavy atom. The van der Waals surface area contributed by atoms with E-state index in [1.165, 1.54) is 12.3 Å². The average Bonchev–Trinajstić information content (AvgIpc) is 2.22. The van der Waals surface area contributed by atoms with Gasteiger partial charge >= 0.3 is 5.97 Å². The highest BCUT2D eigenvalue weighted by atomic mass is 35.5. The largest absolute Gasteiger partial charge is 0.480 e. The van der Waals surface area contributed by atoms with E-state index in [1.807, 2.05) is 0 Å². The van der Waals surface area contributed by atoms with Crippen LogP contribution in [0, 0.1) is 0 Å². The molecule has 2 rings (SSSR count). The molecule has 2 aromatic rings. The highest BCUT2D eigenvalue weighted by Crippen LogP contribution is 2.15. The average molecular weight is 238 g/mol. The minimum absolute atomic E-state index is 0.345. The molecule has 5 heteroatoms. The molecule has 0 saturated heterocycles. The van der Waals surface area contributed by atoms with Crippen LogP contribution in [0.4, 0.5) is 0 Å². The lowest BCUT2D eigenvalue weighted by molar-refractivity contribution is -0.137. The van der Waals surface area contributed by atoms with E-state index in [1.54, 1.807) is 18.2 Å². The third-order valence-electron chi connectivity index (χ3n) is 2.25. The molecule has 1 aromatic carbocycles. The van der Waals surface area contributed by atoms with E-state index in [-0.39, 0.29) is 12.1 Å². The van der Waals surface area contributed by atoms with Crippen LogP contribution in [0.3, 0.4) is 0 Å². The monoisotopic (exact) mass is 237 g/mol. The third-order valence-corrected chi connectivity index (χ3v) is 2.48. The summed E-state index contributed by atoms with van der Waals surface area (Å²) < 4.78 is 1.14. The molecular formula is C11H8ClNO3. The quantitative estimate of drug-likeness (QED) is 0.866. The summed E-state index contributed by atoms with van der Waals surface area (Å²) in [7, 11) is 0. The predicted molar refractivity (Wildman–Crippen MR) is 60.9 cm³/mol. The molecule has 0 atom stereocenters. The van der Waals surface area contributed by atoms with Crippen LogP contribution in [0.2, 0.25) is 5.02 Å². The van der Waals surface area contributed by atoms with E-state index in [0.29, 0.717) is 10.4 Å². The van der Waals surface area contributed by atoms with E-state index in [4.69, 9.17) is 16.7 Å². The number of carbonyl (C=O) groups is 1. The van der Waals surface area contributed by atoms with Gasteiger partial charge in [0.1, 0.15) is 6.54 Å². The lowest BCUT2D eigenvalue weighted by Crippen LogP contribution is -2.23. The number of nitrogens with zero attached hydrogens (tertiary/aromatic N) is 1. The number of carboxylic acids is 1. The number of aliphatic carboxylic acids is 1. The van der Waals surface area contributed by atoms with Gasteiger partial charge in [-0.25, -0.2) is 0 Å². The maximum Gasteiger partial charge on any atom is 0.323 e. The summed E-state index contributed by atoms with van der Waals surface area (Å²) in [6.07, 6.45) is 1.46. The fourth-order valence-corrected chi connectivity index (χ4v) is 1.69. The molecule has 1 aromatic heterocycles. The molecule has 82 valence electrons. The molecule has 0 radical (unpaired) electrons. The molecule has 0 aliphatic heterocycles. The van der Waals surface area contributed by atoms with Gasteiger partial charge < -0.3 is 9.67 Å². The molecule has 16 heavy (non-hydrogen) atoms. The van der Waals surface area contributed by atoms with Crippen molar-refractivity contribution < 1.29 is 9.90 Å². The molecule has 0 bridgehead atoms. The lowest BCUT2D eigenvalue weighted by atomic mass is 10.2. The zero-order valence-corrected chi connectivity index (χ0v) is 8.94. The summed E-state index contributed by atoms with van der Waals surface area (Å²) in [5.74, 6) is -1.05. The summed E-state index contributed by atoms with van der Waals surface area (Å²) in [4.78, 5) is 22.4. The Morgan fingerprint density at radius 3 is 2.81 bits per heavy atom. The fraction of sp³-hybridized carbons (Fsp3) is 0.0909. The second kappa shape index (κ2) is 3.98. The summed E-state index contributed by atoms with van der Waals surface area (Å²) in [6.45, 7) is -0.346. The minimum Gasteiger partial charge on any atom is -0.480 e. The number of hydrogen-bond acceptors (Lipinski definition) is 2. The lowest BCUT2D eigenvalue weighted by Gasteiger charge is -2.04. The Labute approximate surface area is 95.7 Å². The normalized spacial score (nSPS) is 10.6. The first kappa shape index (κ1) is 10.7. The van der Waals surface area contributed by atoms with Crippen LogP contribution in [0.1, 0.15) is 0 Å². The Bertz CT molecular complexity index is 618. The number of benzene rings is 1. The zero-order chi connectivity index (χ0) is 11.7. The van der Waals surface area contributed by atoms with Gasteiger partial charge in [0, 0.05) is 16.6 Å². The number of rotatable bonds is 2. The van der Waals surface area contributed by atoms with E-state index < -0.39 is 5.97 Å².